The predicted molar refractivity (Wildman–Crippen MR) is 116 cm³/mol. The second kappa shape index (κ2) is 8.73. The first-order valence-corrected chi connectivity index (χ1v) is 9.30. The number of rotatable bonds is 7. The number of aromatic nitrogens is 1. The number of anilines is 1. The van der Waals surface area contributed by atoms with Gasteiger partial charge in [-0.3, -0.25) is 9.88 Å². The standard InChI is InChI=1S/C23H24N2O5/c1-6-9-25(23(26)27)18-10-15(3)20(11-14(18)2)30-19-7-8-24-17-13-22(29-5)21(28-4)12-16(17)19/h6-8,10-13H,1,9H2,2-5H3,(H,26,27). The first-order valence-electron chi connectivity index (χ1n) is 9.30. The monoisotopic (exact) mass is 408 g/mol. The van der Waals surface area contributed by atoms with E-state index in [-0.39, 0.29) is 6.54 Å². The number of ether oxygens (including phenoxy) is 3. The van der Waals surface area contributed by atoms with Gasteiger partial charge in [-0.15, -0.1) is 6.58 Å². The lowest BCUT2D eigenvalue weighted by Crippen LogP contribution is -2.29. The lowest BCUT2D eigenvalue weighted by molar-refractivity contribution is 0.202. The average Bonchev–Trinajstić information content (AvgIpc) is 2.73. The number of aryl methyl sites for hydroxylation is 2. The Kier molecular flexibility index (Phi) is 6.11. The number of nitrogens with zero attached hydrogens (tertiary/aromatic N) is 2. The van der Waals surface area contributed by atoms with Crippen molar-refractivity contribution in [1.29, 1.82) is 0 Å². The van der Waals surface area contributed by atoms with Crippen molar-refractivity contribution in [3.63, 3.8) is 0 Å². The Hall–Kier alpha value is -3.74. The highest BCUT2D eigenvalue weighted by Crippen LogP contribution is 2.38. The molecule has 156 valence electrons. The molecule has 0 radical (unpaired) electrons. The van der Waals surface area contributed by atoms with Gasteiger partial charge in [-0.05, 0) is 49.2 Å². The summed E-state index contributed by atoms with van der Waals surface area (Å²) in [7, 11) is 3.15. The van der Waals surface area contributed by atoms with Crippen molar-refractivity contribution in [3.8, 4) is 23.0 Å². The Balaban J connectivity index is 2.04. The largest absolute Gasteiger partial charge is 0.493 e. The van der Waals surface area contributed by atoms with E-state index in [1.807, 2.05) is 26.0 Å². The van der Waals surface area contributed by atoms with Gasteiger partial charge in [0.15, 0.2) is 11.5 Å². The van der Waals surface area contributed by atoms with Crippen LogP contribution in [0.4, 0.5) is 10.5 Å². The normalized spacial score (nSPS) is 10.5. The molecule has 7 heteroatoms. The van der Waals surface area contributed by atoms with Gasteiger partial charge in [0, 0.05) is 24.2 Å². The fourth-order valence-electron chi connectivity index (χ4n) is 3.24. The fraction of sp³-hybridized carbons (Fsp3) is 0.217. The molecule has 0 aliphatic rings. The van der Waals surface area contributed by atoms with Crippen molar-refractivity contribution in [2.75, 3.05) is 25.7 Å². The molecule has 0 saturated heterocycles. The van der Waals surface area contributed by atoms with E-state index < -0.39 is 6.09 Å². The van der Waals surface area contributed by atoms with Crippen LogP contribution in [0.5, 0.6) is 23.0 Å². The van der Waals surface area contributed by atoms with Crippen LogP contribution in [0.15, 0.2) is 49.2 Å². The maximum atomic E-state index is 11.6. The number of methoxy groups -OCH3 is 2. The molecule has 30 heavy (non-hydrogen) atoms. The van der Waals surface area contributed by atoms with Crippen LogP contribution in [0.2, 0.25) is 0 Å². The molecule has 0 fully saturated rings. The van der Waals surface area contributed by atoms with E-state index in [4.69, 9.17) is 14.2 Å². The maximum Gasteiger partial charge on any atom is 0.412 e. The molecule has 0 unspecified atom stereocenters. The third kappa shape index (κ3) is 4.00. The van der Waals surface area contributed by atoms with Crippen molar-refractivity contribution in [3.05, 3.63) is 60.3 Å². The minimum absolute atomic E-state index is 0.201. The first kappa shape index (κ1) is 21.0. The fourth-order valence-corrected chi connectivity index (χ4v) is 3.24. The van der Waals surface area contributed by atoms with Crippen LogP contribution in [0.3, 0.4) is 0 Å². The zero-order valence-electron chi connectivity index (χ0n) is 17.4. The van der Waals surface area contributed by atoms with E-state index >= 15 is 0 Å². The molecule has 0 bridgehead atoms. The molecule has 1 heterocycles. The van der Waals surface area contributed by atoms with Gasteiger partial charge < -0.3 is 19.3 Å². The highest BCUT2D eigenvalue weighted by Gasteiger charge is 2.18. The van der Waals surface area contributed by atoms with E-state index in [0.29, 0.717) is 34.2 Å². The minimum Gasteiger partial charge on any atom is -0.493 e. The number of hydrogen-bond acceptors (Lipinski definition) is 5. The Morgan fingerprint density at radius 3 is 2.40 bits per heavy atom. The summed E-state index contributed by atoms with van der Waals surface area (Å²) in [6, 6.07) is 9.02. The van der Waals surface area contributed by atoms with Crippen LogP contribution in [0.25, 0.3) is 10.9 Å². The summed E-state index contributed by atoms with van der Waals surface area (Å²) in [5.74, 6) is 2.40. The summed E-state index contributed by atoms with van der Waals surface area (Å²) in [6.07, 6.45) is 2.18. The van der Waals surface area contributed by atoms with Crippen LogP contribution in [0.1, 0.15) is 11.1 Å². The number of pyridine rings is 1. The number of amides is 1. The van der Waals surface area contributed by atoms with E-state index in [9.17, 15) is 9.90 Å². The van der Waals surface area contributed by atoms with Gasteiger partial charge in [-0.25, -0.2) is 4.79 Å². The molecule has 0 aliphatic heterocycles. The molecule has 0 saturated carbocycles. The first-order chi connectivity index (χ1) is 14.4. The summed E-state index contributed by atoms with van der Waals surface area (Å²) in [6.45, 7) is 7.56. The third-order valence-corrected chi connectivity index (χ3v) is 4.75. The van der Waals surface area contributed by atoms with Crippen molar-refractivity contribution < 1.29 is 24.1 Å². The molecular weight excluding hydrogens is 384 g/mol. The van der Waals surface area contributed by atoms with Gasteiger partial charge in [0.25, 0.3) is 0 Å². The molecule has 0 atom stereocenters. The lowest BCUT2D eigenvalue weighted by atomic mass is 10.1. The van der Waals surface area contributed by atoms with E-state index in [0.717, 1.165) is 16.5 Å². The van der Waals surface area contributed by atoms with Gasteiger partial charge in [-0.1, -0.05) is 6.08 Å². The Labute approximate surface area is 175 Å². The Morgan fingerprint density at radius 1 is 1.07 bits per heavy atom. The molecule has 0 spiro atoms. The topological polar surface area (TPSA) is 81.1 Å². The Morgan fingerprint density at radius 2 is 1.77 bits per heavy atom. The van der Waals surface area contributed by atoms with Crippen LogP contribution in [-0.2, 0) is 0 Å². The molecule has 3 rings (SSSR count). The summed E-state index contributed by atoms with van der Waals surface area (Å²) in [5, 5.41) is 10.3. The van der Waals surface area contributed by atoms with Gasteiger partial charge in [0.05, 0.1) is 25.4 Å². The zero-order valence-corrected chi connectivity index (χ0v) is 17.4. The molecule has 3 aromatic rings. The second-order valence-corrected chi connectivity index (χ2v) is 6.72. The molecule has 7 nitrogen and oxygen atoms in total. The number of benzene rings is 2. The summed E-state index contributed by atoms with van der Waals surface area (Å²) < 4.78 is 17.0. The zero-order chi connectivity index (χ0) is 21.8. The number of fused-ring (bicyclic) bond motifs is 1. The molecule has 1 N–H and O–H groups in total. The predicted octanol–water partition coefficient (Wildman–Crippen LogP) is 5.33. The van der Waals surface area contributed by atoms with Gasteiger partial charge in [-0.2, -0.15) is 0 Å². The smallest absolute Gasteiger partial charge is 0.412 e. The highest BCUT2D eigenvalue weighted by molar-refractivity contribution is 5.89. The number of carbonyl (C=O) groups is 1. The molecule has 2 aromatic carbocycles. The number of hydrogen-bond donors (Lipinski definition) is 1. The van der Waals surface area contributed by atoms with Crippen molar-refractivity contribution in [2.45, 2.75) is 13.8 Å². The van der Waals surface area contributed by atoms with Crippen LogP contribution >= 0.6 is 0 Å². The van der Waals surface area contributed by atoms with Crippen LogP contribution in [-0.4, -0.2) is 36.9 Å². The quantitative estimate of drug-likeness (QED) is 0.532. The van der Waals surface area contributed by atoms with E-state index in [1.165, 1.54) is 4.90 Å². The maximum absolute atomic E-state index is 11.6. The van der Waals surface area contributed by atoms with Crippen molar-refractivity contribution >= 4 is 22.7 Å². The van der Waals surface area contributed by atoms with Gasteiger partial charge in [0.1, 0.15) is 11.5 Å². The SMILES string of the molecule is C=CCN(C(=O)O)c1cc(C)c(Oc2ccnc3cc(OC)c(OC)cc23)cc1C. The summed E-state index contributed by atoms with van der Waals surface area (Å²) >= 11 is 0. The van der Waals surface area contributed by atoms with Gasteiger partial charge in [0.2, 0.25) is 0 Å². The summed E-state index contributed by atoms with van der Waals surface area (Å²) in [4.78, 5) is 17.2. The summed E-state index contributed by atoms with van der Waals surface area (Å²) in [5.41, 5.74) is 2.88. The molecule has 1 amide bonds. The van der Waals surface area contributed by atoms with Gasteiger partial charge >= 0.3 is 6.09 Å². The lowest BCUT2D eigenvalue weighted by Gasteiger charge is -2.22. The minimum atomic E-state index is -1.03. The second-order valence-electron chi connectivity index (χ2n) is 6.72. The third-order valence-electron chi connectivity index (χ3n) is 4.75. The Bertz CT molecular complexity index is 1110. The van der Waals surface area contributed by atoms with Crippen LogP contribution < -0.4 is 19.1 Å². The van der Waals surface area contributed by atoms with Crippen molar-refractivity contribution in [1.82, 2.24) is 4.98 Å². The van der Waals surface area contributed by atoms with Crippen LogP contribution in [0, 0.1) is 13.8 Å². The molecule has 0 aliphatic carbocycles. The number of carboxylic acid groups (broad SMARTS) is 1. The van der Waals surface area contributed by atoms with Crippen molar-refractivity contribution in [2.24, 2.45) is 0 Å². The van der Waals surface area contributed by atoms with E-state index in [2.05, 4.69) is 11.6 Å². The molecule has 1 aromatic heterocycles. The average molecular weight is 408 g/mol. The highest BCUT2D eigenvalue weighted by atomic mass is 16.5. The molecular formula is C23H24N2O5. The van der Waals surface area contributed by atoms with E-state index in [1.54, 1.807) is 44.7 Å².